The highest BCUT2D eigenvalue weighted by atomic mass is 16.8. The first-order chi connectivity index (χ1) is 7.48. The molecule has 4 atom stereocenters. The van der Waals surface area contributed by atoms with Crippen molar-refractivity contribution in [2.75, 3.05) is 7.11 Å². The van der Waals surface area contributed by atoms with Gasteiger partial charge in [0, 0.05) is 0 Å². The summed E-state index contributed by atoms with van der Waals surface area (Å²) in [7, 11) is 1.26. The van der Waals surface area contributed by atoms with Gasteiger partial charge in [-0.05, 0) is 13.8 Å². The maximum Gasteiger partial charge on any atom is 0.337 e. The number of methoxy groups -OCH3 is 1. The molecule has 6 nitrogen and oxygen atoms in total. The first-order valence-corrected chi connectivity index (χ1v) is 5.03. The Morgan fingerprint density at radius 2 is 1.94 bits per heavy atom. The number of hydrogen-bond acceptors (Lipinski definition) is 6. The lowest BCUT2D eigenvalue weighted by molar-refractivity contribution is -0.193. The van der Waals surface area contributed by atoms with E-state index >= 15 is 0 Å². The summed E-state index contributed by atoms with van der Waals surface area (Å²) in [6.07, 6.45) is -2.19. The van der Waals surface area contributed by atoms with E-state index in [4.69, 9.17) is 14.2 Å². The van der Waals surface area contributed by atoms with Crippen molar-refractivity contribution in [1.29, 1.82) is 0 Å². The van der Waals surface area contributed by atoms with Gasteiger partial charge in [0.25, 0.3) is 0 Å². The maximum absolute atomic E-state index is 11.4. The third-order valence-electron chi connectivity index (χ3n) is 2.66. The van der Waals surface area contributed by atoms with Gasteiger partial charge in [0.1, 0.15) is 18.3 Å². The summed E-state index contributed by atoms with van der Waals surface area (Å²) in [4.78, 5) is 22.2. The molecule has 0 saturated carbocycles. The molecule has 16 heavy (non-hydrogen) atoms. The lowest BCUT2D eigenvalue weighted by Crippen LogP contribution is -2.36. The molecule has 0 aliphatic carbocycles. The average Bonchev–Trinajstić information content (AvgIpc) is 2.69. The predicted molar refractivity (Wildman–Crippen MR) is 50.6 cm³/mol. The van der Waals surface area contributed by atoms with E-state index < -0.39 is 36.2 Å². The number of carbonyl (C=O) groups is 2. The molecule has 2 fully saturated rings. The SMILES string of the molecule is COC(=O)[C@@H]1O[C@H](C=O)[C@@H]2OC(C)(C)O[C@@H]21. The zero-order valence-corrected chi connectivity index (χ0v) is 9.34. The summed E-state index contributed by atoms with van der Waals surface area (Å²) in [5.74, 6) is -1.37. The van der Waals surface area contributed by atoms with Crippen molar-refractivity contribution in [3.63, 3.8) is 0 Å². The Hall–Kier alpha value is -0.980. The van der Waals surface area contributed by atoms with Crippen LogP contribution in [0.3, 0.4) is 0 Å². The van der Waals surface area contributed by atoms with Crippen molar-refractivity contribution >= 4 is 12.3 Å². The van der Waals surface area contributed by atoms with Crippen LogP contribution in [0.5, 0.6) is 0 Å². The van der Waals surface area contributed by atoms with Crippen molar-refractivity contribution in [2.45, 2.75) is 44.1 Å². The summed E-state index contributed by atoms with van der Waals surface area (Å²) >= 11 is 0. The molecule has 0 unspecified atom stereocenters. The van der Waals surface area contributed by atoms with Crippen LogP contribution in [-0.4, -0.2) is 49.6 Å². The fourth-order valence-electron chi connectivity index (χ4n) is 2.04. The van der Waals surface area contributed by atoms with Crippen LogP contribution in [0.1, 0.15) is 13.8 Å². The second-order valence-electron chi connectivity index (χ2n) is 4.25. The fraction of sp³-hybridized carbons (Fsp3) is 0.800. The molecule has 2 rings (SSSR count). The van der Waals surface area contributed by atoms with Gasteiger partial charge in [-0.25, -0.2) is 4.79 Å². The lowest BCUT2D eigenvalue weighted by Gasteiger charge is -2.21. The first kappa shape index (κ1) is 11.5. The third-order valence-corrected chi connectivity index (χ3v) is 2.66. The van der Waals surface area contributed by atoms with Crippen LogP contribution >= 0.6 is 0 Å². The van der Waals surface area contributed by atoms with Crippen LogP contribution in [0.25, 0.3) is 0 Å². The maximum atomic E-state index is 11.4. The van der Waals surface area contributed by atoms with E-state index in [0.717, 1.165) is 0 Å². The van der Waals surface area contributed by atoms with Gasteiger partial charge >= 0.3 is 5.97 Å². The molecule has 0 amide bonds. The van der Waals surface area contributed by atoms with Gasteiger partial charge in [-0.15, -0.1) is 0 Å². The Morgan fingerprint density at radius 1 is 1.31 bits per heavy atom. The monoisotopic (exact) mass is 230 g/mol. The molecule has 0 radical (unpaired) electrons. The van der Waals surface area contributed by atoms with E-state index in [2.05, 4.69) is 4.74 Å². The molecule has 0 N–H and O–H groups in total. The molecule has 0 aromatic carbocycles. The fourth-order valence-corrected chi connectivity index (χ4v) is 2.04. The van der Waals surface area contributed by atoms with Crippen LogP contribution in [-0.2, 0) is 28.5 Å². The minimum absolute atomic E-state index is 0.545. The van der Waals surface area contributed by atoms with Gasteiger partial charge in [-0.1, -0.05) is 0 Å². The molecule has 6 heteroatoms. The van der Waals surface area contributed by atoms with Gasteiger partial charge in [0.05, 0.1) is 7.11 Å². The second-order valence-corrected chi connectivity index (χ2v) is 4.25. The van der Waals surface area contributed by atoms with Gasteiger partial charge < -0.3 is 23.7 Å². The Bertz CT molecular complexity index is 312. The van der Waals surface area contributed by atoms with Crippen molar-refractivity contribution in [1.82, 2.24) is 0 Å². The summed E-state index contributed by atoms with van der Waals surface area (Å²) in [5, 5.41) is 0. The van der Waals surface area contributed by atoms with Gasteiger partial charge in [0.2, 0.25) is 0 Å². The second kappa shape index (κ2) is 3.80. The van der Waals surface area contributed by atoms with Crippen molar-refractivity contribution in [3.8, 4) is 0 Å². The molecular formula is C10H14O6. The lowest BCUT2D eigenvalue weighted by atomic mass is 10.1. The predicted octanol–water partition coefficient (Wildman–Crippen LogP) is -0.354. The number of esters is 1. The van der Waals surface area contributed by atoms with Crippen LogP contribution in [0.4, 0.5) is 0 Å². The van der Waals surface area contributed by atoms with E-state index in [1.165, 1.54) is 7.11 Å². The number of rotatable bonds is 2. The molecule has 2 heterocycles. The van der Waals surface area contributed by atoms with Crippen molar-refractivity contribution < 1.29 is 28.5 Å². The summed E-state index contributed by atoms with van der Waals surface area (Å²) in [6, 6.07) is 0. The van der Waals surface area contributed by atoms with Crippen LogP contribution in [0.15, 0.2) is 0 Å². The van der Waals surface area contributed by atoms with Crippen LogP contribution in [0.2, 0.25) is 0 Å². The number of aldehydes is 1. The minimum atomic E-state index is -0.896. The number of fused-ring (bicyclic) bond motifs is 1. The minimum Gasteiger partial charge on any atom is -0.467 e. The van der Waals surface area contributed by atoms with E-state index in [1.807, 2.05) is 0 Å². The molecule has 2 aliphatic rings. The molecule has 2 aliphatic heterocycles. The van der Waals surface area contributed by atoms with E-state index in [9.17, 15) is 9.59 Å². The van der Waals surface area contributed by atoms with E-state index in [-0.39, 0.29) is 0 Å². The smallest absolute Gasteiger partial charge is 0.337 e. The third kappa shape index (κ3) is 1.73. The molecule has 0 aromatic rings. The number of carbonyl (C=O) groups excluding carboxylic acids is 2. The Morgan fingerprint density at radius 3 is 2.50 bits per heavy atom. The van der Waals surface area contributed by atoms with Crippen LogP contribution in [0, 0.1) is 0 Å². The summed E-state index contributed by atoms with van der Waals surface area (Å²) < 4.78 is 20.9. The molecular weight excluding hydrogens is 216 g/mol. The zero-order chi connectivity index (χ0) is 11.9. The zero-order valence-electron chi connectivity index (χ0n) is 9.34. The molecule has 2 saturated heterocycles. The van der Waals surface area contributed by atoms with Gasteiger partial charge in [-0.3, -0.25) is 0 Å². The number of hydrogen-bond donors (Lipinski definition) is 0. The van der Waals surface area contributed by atoms with Crippen LogP contribution < -0.4 is 0 Å². The Balaban J connectivity index is 2.20. The quantitative estimate of drug-likeness (QED) is 0.477. The highest BCUT2D eigenvalue weighted by Gasteiger charge is 2.57. The average molecular weight is 230 g/mol. The molecule has 90 valence electrons. The van der Waals surface area contributed by atoms with Gasteiger partial charge in [0.15, 0.2) is 18.2 Å². The van der Waals surface area contributed by atoms with Crippen molar-refractivity contribution in [3.05, 3.63) is 0 Å². The molecule has 0 spiro atoms. The summed E-state index contributed by atoms with van der Waals surface area (Å²) in [5.41, 5.74) is 0. The highest BCUT2D eigenvalue weighted by molar-refractivity contribution is 5.77. The van der Waals surface area contributed by atoms with Gasteiger partial charge in [-0.2, -0.15) is 0 Å². The largest absolute Gasteiger partial charge is 0.467 e. The van der Waals surface area contributed by atoms with E-state index in [0.29, 0.717) is 6.29 Å². The highest BCUT2D eigenvalue weighted by Crippen LogP contribution is 2.38. The topological polar surface area (TPSA) is 71.1 Å². The van der Waals surface area contributed by atoms with Crippen molar-refractivity contribution in [2.24, 2.45) is 0 Å². The number of ether oxygens (including phenoxy) is 4. The standard InChI is InChI=1S/C10H14O6/c1-10(2)15-6-5(4-11)14-8(7(6)16-10)9(12)13-3/h4-8H,1-3H3/t5-,6+,7+,8-/m1/s1. The first-order valence-electron chi connectivity index (χ1n) is 5.03. The molecule has 0 aromatic heterocycles. The van der Waals surface area contributed by atoms with E-state index in [1.54, 1.807) is 13.8 Å². The summed E-state index contributed by atoms with van der Waals surface area (Å²) in [6.45, 7) is 3.45. The Kier molecular flexibility index (Phi) is 2.73. The Labute approximate surface area is 92.8 Å². The molecule has 0 bridgehead atoms. The normalized spacial score (nSPS) is 40.4.